The first-order chi connectivity index (χ1) is 9.40. The fraction of sp³-hybridized carbons (Fsp3) is 0.143. The fourth-order valence-corrected chi connectivity index (χ4v) is 1.99. The molecule has 2 rings (SSSR count). The summed E-state index contributed by atoms with van der Waals surface area (Å²) >= 11 is 5.59. The van der Waals surface area contributed by atoms with Crippen LogP contribution in [0, 0.1) is 23.3 Å². The first-order valence-electron chi connectivity index (χ1n) is 5.65. The Bertz CT molecular complexity index is 622. The fourth-order valence-electron chi connectivity index (χ4n) is 1.80. The van der Waals surface area contributed by atoms with Crippen molar-refractivity contribution in [3.05, 3.63) is 69.8 Å². The molecule has 0 saturated heterocycles. The minimum Gasteiger partial charge on any atom is -0.388 e. The zero-order valence-electron chi connectivity index (χ0n) is 10.0. The van der Waals surface area contributed by atoms with Crippen LogP contribution in [0.25, 0.3) is 0 Å². The highest BCUT2D eigenvalue weighted by Gasteiger charge is 2.18. The second-order valence-electron chi connectivity index (χ2n) is 4.23. The average molecular weight is 305 g/mol. The largest absolute Gasteiger partial charge is 0.388 e. The molecule has 0 bridgehead atoms. The Morgan fingerprint density at radius 3 is 2.20 bits per heavy atom. The van der Waals surface area contributed by atoms with E-state index in [1.165, 1.54) is 18.2 Å². The van der Waals surface area contributed by atoms with E-state index < -0.39 is 29.4 Å². The van der Waals surface area contributed by atoms with Crippen molar-refractivity contribution in [2.75, 3.05) is 0 Å². The van der Waals surface area contributed by atoms with E-state index in [1.54, 1.807) is 0 Å². The molecular weight excluding hydrogens is 296 g/mol. The highest BCUT2D eigenvalue weighted by molar-refractivity contribution is 6.30. The molecule has 0 aliphatic rings. The van der Waals surface area contributed by atoms with Crippen molar-refractivity contribution < 1.29 is 22.7 Å². The van der Waals surface area contributed by atoms with Crippen LogP contribution in [0.3, 0.4) is 0 Å². The number of halogens is 5. The number of benzene rings is 2. The van der Waals surface area contributed by atoms with Gasteiger partial charge < -0.3 is 5.11 Å². The van der Waals surface area contributed by atoms with E-state index in [0.717, 1.165) is 0 Å². The summed E-state index contributed by atoms with van der Waals surface area (Å²) in [5.41, 5.74) is -0.0871. The highest BCUT2D eigenvalue weighted by atomic mass is 35.5. The van der Waals surface area contributed by atoms with Gasteiger partial charge in [0.1, 0.15) is 5.82 Å². The van der Waals surface area contributed by atoms with E-state index in [4.69, 9.17) is 11.6 Å². The molecule has 0 radical (unpaired) electrons. The molecule has 0 fully saturated rings. The molecule has 0 spiro atoms. The van der Waals surface area contributed by atoms with Gasteiger partial charge in [-0.05, 0) is 29.3 Å². The molecule has 0 saturated carbocycles. The summed E-state index contributed by atoms with van der Waals surface area (Å²) in [6, 6.07) is 5.56. The summed E-state index contributed by atoms with van der Waals surface area (Å²) in [6.07, 6.45) is -1.62. The Kier molecular flexibility index (Phi) is 4.30. The lowest BCUT2D eigenvalue weighted by Crippen LogP contribution is -2.06. The van der Waals surface area contributed by atoms with E-state index in [1.807, 2.05) is 0 Å². The van der Waals surface area contributed by atoms with Crippen molar-refractivity contribution in [3.63, 3.8) is 0 Å². The standard InChI is InChI=1S/C14H9ClF4O/c15-9-3-1-2-7(13(9)18)6-12(20)8-4-10(16)14(19)11(17)5-8/h1-5,12,20H,6H2. The number of aliphatic hydroxyl groups excluding tert-OH is 1. The molecule has 1 atom stereocenters. The lowest BCUT2D eigenvalue weighted by molar-refractivity contribution is 0.176. The molecule has 20 heavy (non-hydrogen) atoms. The summed E-state index contributed by atoms with van der Waals surface area (Å²) in [5, 5.41) is 9.74. The lowest BCUT2D eigenvalue weighted by atomic mass is 10.0. The Morgan fingerprint density at radius 1 is 1.00 bits per heavy atom. The molecule has 6 heteroatoms. The third-order valence-electron chi connectivity index (χ3n) is 2.84. The SMILES string of the molecule is OC(Cc1cccc(Cl)c1F)c1cc(F)c(F)c(F)c1. The van der Waals surface area contributed by atoms with Crippen molar-refractivity contribution in [1.29, 1.82) is 0 Å². The molecular formula is C14H9ClF4O. The monoisotopic (exact) mass is 304 g/mol. The third-order valence-corrected chi connectivity index (χ3v) is 3.13. The van der Waals surface area contributed by atoms with Crippen molar-refractivity contribution >= 4 is 11.6 Å². The summed E-state index contributed by atoms with van der Waals surface area (Å²) < 4.78 is 52.6. The topological polar surface area (TPSA) is 20.2 Å². The molecule has 2 aromatic carbocycles. The van der Waals surface area contributed by atoms with Gasteiger partial charge in [0.2, 0.25) is 0 Å². The van der Waals surface area contributed by atoms with E-state index in [0.29, 0.717) is 12.1 Å². The van der Waals surface area contributed by atoms with Gasteiger partial charge in [0.15, 0.2) is 17.5 Å². The zero-order valence-corrected chi connectivity index (χ0v) is 10.8. The van der Waals surface area contributed by atoms with Gasteiger partial charge in [-0.3, -0.25) is 0 Å². The van der Waals surface area contributed by atoms with Crippen LogP contribution in [-0.2, 0) is 6.42 Å². The molecule has 106 valence electrons. The van der Waals surface area contributed by atoms with E-state index >= 15 is 0 Å². The van der Waals surface area contributed by atoms with Gasteiger partial charge >= 0.3 is 0 Å². The summed E-state index contributed by atoms with van der Waals surface area (Å²) in [5.74, 6) is -5.15. The van der Waals surface area contributed by atoms with Crippen molar-refractivity contribution in [2.45, 2.75) is 12.5 Å². The number of hydrogen-bond donors (Lipinski definition) is 1. The van der Waals surface area contributed by atoms with Gasteiger partial charge in [-0.1, -0.05) is 23.7 Å². The van der Waals surface area contributed by atoms with Gasteiger partial charge in [-0.2, -0.15) is 0 Å². The van der Waals surface area contributed by atoms with E-state index in [2.05, 4.69) is 0 Å². The Hall–Kier alpha value is -1.59. The maximum absolute atomic E-state index is 13.6. The lowest BCUT2D eigenvalue weighted by Gasteiger charge is -2.13. The van der Waals surface area contributed by atoms with Crippen LogP contribution in [0.1, 0.15) is 17.2 Å². The molecule has 1 N–H and O–H groups in total. The molecule has 0 amide bonds. The Morgan fingerprint density at radius 2 is 1.60 bits per heavy atom. The molecule has 0 aliphatic heterocycles. The van der Waals surface area contributed by atoms with Gasteiger partial charge in [0.25, 0.3) is 0 Å². The minimum absolute atomic E-state index is 0.0927. The van der Waals surface area contributed by atoms with Gasteiger partial charge in [-0.15, -0.1) is 0 Å². The van der Waals surface area contributed by atoms with Crippen molar-refractivity contribution in [1.82, 2.24) is 0 Å². The molecule has 0 aromatic heterocycles. The predicted molar refractivity (Wildman–Crippen MR) is 66.4 cm³/mol. The third kappa shape index (κ3) is 2.94. The minimum atomic E-state index is -1.62. The Balaban J connectivity index is 2.28. The molecule has 0 heterocycles. The van der Waals surface area contributed by atoms with Gasteiger partial charge in [-0.25, -0.2) is 17.6 Å². The van der Waals surface area contributed by atoms with Crippen LogP contribution in [0.5, 0.6) is 0 Å². The van der Waals surface area contributed by atoms with Gasteiger partial charge in [0, 0.05) is 6.42 Å². The average Bonchev–Trinajstić information content (AvgIpc) is 2.40. The predicted octanol–water partition coefficient (Wildman–Crippen LogP) is 4.17. The van der Waals surface area contributed by atoms with E-state index in [-0.39, 0.29) is 22.6 Å². The van der Waals surface area contributed by atoms with Crippen molar-refractivity contribution in [3.8, 4) is 0 Å². The van der Waals surface area contributed by atoms with Crippen LogP contribution in [0.2, 0.25) is 5.02 Å². The highest BCUT2D eigenvalue weighted by Crippen LogP contribution is 2.25. The Labute approximate surface area is 117 Å². The van der Waals surface area contributed by atoms with Crippen molar-refractivity contribution in [2.24, 2.45) is 0 Å². The number of aliphatic hydroxyl groups is 1. The zero-order chi connectivity index (χ0) is 14.9. The summed E-state index contributed by atoms with van der Waals surface area (Å²) in [4.78, 5) is 0. The first kappa shape index (κ1) is 14.8. The smallest absolute Gasteiger partial charge is 0.194 e. The van der Waals surface area contributed by atoms with Crippen LogP contribution in [-0.4, -0.2) is 5.11 Å². The molecule has 1 unspecified atom stereocenters. The van der Waals surface area contributed by atoms with Crippen LogP contribution < -0.4 is 0 Å². The normalized spacial score (nSPS) is 12.5. The second kappa shape index (κ2) is 5.81. The summed E-state index contributed by atoms with van der Waals surface area (Å²) in [6.45, 7) is 0. The van der Waals surface area contributed by atoms with E-state index in [9.17, 15) is 22.7 Å². The molecule has 0 aliphatic carbocycles. The molecule has 2 aromatic rings. The molecule has 1 nitrogen and oxygen atoms in total. The quantitative estimate of drug-likeness (QED) is 0.666. The second-order valence-corrected chi connectivity index (χ2v) is 4.64. The van der Waals surface area contributed by atoms with Crippen LogP contribution in [0.15, 0.2) is 30.3 Å². The van der Waals surface area contributed by atoms with Crippen LogP contribution in [0.4, 0.5) is 17.6 Å². The van der Waals surface area contributed by atoms with Crippen LogP contribution >= 0.6 is 11.6 Å². The maximum atomic E-state index is 13.6. The summed E-state index contributed by atoms with van der Waals surface area (Å²) in [7, 11) is 0. The maximum Gasteiger partial charge on any atom is 0.194 e. The number of rotatable bonds is 3. The number of hydrogen-bond acceptors (Lipinski definition) is 1. The first-order valence-corrected chi connectivity index (χ1v) is 6.03. The van der Waals surface area contributed by atoms with Gasteiger partial charge in [0.05, 0.1) is 11.1 Å².